The molecule has 0 spiro atoms. The quantitative estimate of drug-likeness (QED) is 0.697. The molecule has 0 N–H and O–H groups in total. The molecule has 0 aliphatic carbocycles. The molecule has 2 heteroatoms. The van der Waals surface area contributed by atoms with Gasteiger partial charge in [0.1, 0.15) is 0 Å². The minimum absolute atomic E-state index is 0.247. The molecule has 0 atom stereocenters. The van der Waals surface area contributed by atoms with Gasteiger partial charge >= 0.3 is 0 Å². The van der Waals surface area contributed by atoms with Gasteiger partial charge < -0.3 is 0 Å². The molecule has 1 aromatic rings. The standard InChI is InChI=1S/C13H21PS/c1-13(2,3)12-8-6-11(7-9-12)10-14(4,5)15/h6-9H,10H2,1-5H3. The fourth-order valence-electron chi connectivity index (χ4n) is 1.55. The number of hydrogen-bond acceptors (Lipinski definition) is 1. The molecule has 84 valence electrons. The molecule has 0 amide bonds. The van der Waals surface area contributed by atoms with Crippen molar-refractivity contribution < 1.29 is 0 Å². The van der Waals surface area contributed by atoms with Gasteiger partial charge in [-0.3, -0.25) is 0 Å². The zero-order chi connectivity index (χ0) is 11.7. The summed E-state index contributed by atoms with van der Waals surface area (Å²) in [5, 5.41) is 0. The summed E-state index contributed by atoms with van der Waals surface area (Å²) in [5.41, 5.74) is 3.03. The molecule has 1 aromatic carbocycles. The van der Waals surface area contributed by atoms with E-state index in [1.54, 1.807) is 0 Å². The minimum Gasteiger partial charge on any atom is -0.0977 e. The van der Waals surface area contributed by atoms with Crippen molar-refractivity contribution >= 4 is 17.8 Å². The monoisotopic (exact) mass is 240 g/mol. The van der Waals surface area contributed by atoms with Crippen LogP contribution in [0.4, 0.5) is 0 Å². The second-order valence-corrected chi connectivity index (χ2v) is 12.1. The van der Waals surface area contributed by atoms with Crippen LogP contribution in [0.3, 0.4) is 0 Å². The molecular weight excluding hydrogens is 219 g/mol. The number of hydrogen-bond donors (Lipinski definition) is 0. The van der Waals surface area contributed by atoms with Gasteiger partial charge in [-0.15, -0.1) is 0 Å². The highest BCUT2D eigenvalue weighted by molar-refractivity contribution is 8.13. The molecule has 0 fully saturated rings. The summed E-state index contributed by atoms with van der Waals surface area (Å²) in [5.74, 6) is 0. The van der Waals surface area contributed by atoms with E-state index in [0.717, 1.165) is 6.16 Å². The summed E-state index contributed by atoms with van der Waals surface area (Å²) in [6.45, 7) is 11.1. The van der Waals surface area contributed by atoms with Gasteiger partial charge in [-0.25, -0.2) is 0 Å². The van der Waals surface area contributed by atoms with E-state index in [1.165, 1.54) is 11.1 Å². The molecule has 0 aromatic heterocycles. The highest BCUT2D eigenvalue weighted by Gasteiger charge is 2.13. The third-order valence-corrected chi connectivity index (χ3v) is 3.90. The first-order valence-electron chi connectivity index (χ1n) is 5.32. The van der Waals surface area contributed by atoms with Gasteiger partial charge in [0.2, 0.25) is 0 Å². The molecule has 0 bridgehead atoms. The molecule has 0 radical (unpaired) electrons. The van der Waals surface area contributed by atoms with E-state index in [1.807, 2.05) is 0 Å². The molecule has 15 heavy (non-hydrogen) atoms. The van der Waals surface area contributed by atoms with Crippen molar-refractivity contribution in [1.29, 1.82) is 0 Å². The van der Waals surface area contributed by atoms with E-state index < -0.39 is 6.04 Å². The third-order valence-electron chi connectivity index (χ3n) is 2.38. The maximum absolute atomic E-state index is 5.48. The maximum Gasteiger partial charge on any atom is 0.00130 e. The van der Waals surface area contributed by atoms with Crippen LogP contribution < -0.4 is 0 Å². The Morgan fingerprint density at radius 3 is 1.87 bits per heavy atom. The van der Waals surface area contributed by atoms with Crippen molar-refractivity contribution in [3.63, 3.8) is 0 Å². The first-order valence-corrected chi connectivity index (χ1v) is 9.20. The van der Waals surface area contributed by atoms with Crippen molar-refractivity contribution in [2.45, 2.75) is 32.3 Å². The van der Waals surface area contributed by atoms with Crippen molar-refractivity contribution in [3.8, 4) is 0 Å². The van der Waals surface area contributed by atoms with E-state index in [2.05, 4.69) is 58.4 Å². The molecule has 1 rings (SSSR count). The van der Waals surface area contributed by atoms with E-state index in [4.69, 9.17) is 11.8 Å². The highest BCUT2D eigenvalue weighted by atomic mass is 32.4. The summed E-state index contributed by atoms with van der Waals surface area (Å²) in [6, 6.07) is 7.82. The lowest BCUT2D eigenvalue weighted by molar-refractivity contribution is 0.590. The van der Waals surface area contributed by atoms with Gasteiger partial charge in [-0.05, 0) is 35.9 Å². The summed E-state index contributed by atoms with van der Waals surface area (Å²) in [7, 11) is 0. The predicted octanol–water partition coefficient (Wildman–Crippen LogP) is 4.22. The third kappa shape index (κ3) is 4.49. The SMILES string of the molecule is CC(C)(C)c1ccc(CP(C)(C)=S)cc1. The Hall–Kier alpha value is -0.130. The Balaban J connectivity index is 2.87. The first kappa shape index (κ1) is 12.9. The lowest BCUT2D eigenvalue weighted by atomic mass is 9.87. The Morgan fingerprint density at radius 1 is 1.07 bits per heavy atom. The zero-order valence-electron chi connectivity index (χ0n) is 10.4. The molecule has 0 saturated heterocycles. The Labute approximate surface area is 99.1 Å². The molecule has 0 heterocycles. The van der Waals surface area contributed by atoms with Gasteiger partial charge in [-0.1, -0.05) is 56.8 Å². The molecule has 0 nitrogen and oxygen atoms in total. The van der Waals surface area contributed by atoms with E-state index in [0.29, 0.717) is 0 Å². The van der Waals surface area contributed by atoms with Gasteiger partial charge in [0.25, 0.3) is 0 Å². The van der Waals surface area contributed by atoms with Crippen molar-refractivity contribution in [3.05, 3.63) is 35.4 Å². The number of rotatable bonds is 2. The summed E-state index contributed by atoms with van der Waals surface area (Å²) < 4.78 is 0. The lowest BCUT2D eigenvalue weighted by Crippen LogP contribution is -2.10. The second kappa shape index (κ2) is 4.39. The summed E-state index contributed by atoms with van der Waals surface area (Å²) in [6.07, 6.45) is 1.08. The Bertz CT molecular complexity index is 365. The van der Waals surface area contributed by atoms with Crippen molar-refractivity contribution in [1.82, 2.24) is 0 Å². The highest BCUT2D eigenvalue weighted by Crippen LogP contribution is 2.40. The van der Waals surface area contributed by atoms with Crippen LogP contribution in [-0.4, -0.2) is 13.3 Å². The Morgan fingerprint density at radius 2 is 1.53 bits per heavy atom. The van der Waals surface area contributed by atoms with Gasteiger partial charge in [0, 0.05) is 6.16 Å². The second-order valence-electron chi connectivity index (χ2n) is 5.68. The maximum atomic E-state index is 5.48. The molecule has 0 aliphatic rings. The van der Waals surface area contributed by atoms with Crippen molar-refractivity contribution in [2.75, 3.05) is 13.3 Å². The smallest absolute Gasteiger partial charge is 0.00130 e. The fourth-order valence-corrected chi connectivity index (χ4v) is 3.09. The van der Waals surface area contributed by atoms with Crippen LogP contribution in [0, 0.1) is 0 Å². The van der Waals surface area contributed by atoms with E-state index >= 15 is 0 Å². The van der Waals surface area contributed by atoms with Crippen molar-refractivity contribution in [2.24, 2.45) is 0 Å². The summed E-state index contributed by atoms with van der Waals surface area (Å²) >= 11 is 5.48. The normalized spacial score (nSPS) is 12.9. The van der Waals surface area contributed by atoms with Gasteiger partial charge in [0.15, 0.2) is 0 Å². The van der Waals surface area contributed by atoms with Crippen LogP contribution >= 0.6 is 6.04 Å². The molecule has 0 aliphatic heterocycles. The lowest BCUT2D eigenvalue weighted by Gasteiger charge is -2.19. The van der Waals surface area contributed by atoms with Crippen LogP contribution in [0.25, 0.3) is 0 Å². The van der Waals surface area contributed by atoms with Crippen LogP contribution in [0.1, 0.15) is 31.9 Å². The average molecular weight is 240 g/mol. The van der Waals surface area contributed by atoms with Crippen LogP contribution in [0.15, 0.2) is 24.3 Å². The molecule has 0 saturated carbocycles. The Kier molecular flexibility index (Phi) is 3.79. The summed E-state index contributed by atoms with van der Waals surface area (Å²) in [4.78, 5) is 0. The largest absolute Gasteiger partial charge is 0.0977 e. The molecule has 0 unspecified atom stereocenters. The average Bonchev–Trinajstić information content (AvgIpc) is 2.00. The fraction of sp³-hybridized carbons (Fsp3) is 0.538. The zero-order valence-corrected chi connectivity index (χ0v) is 12.1. The van der Waals surface area contributed by atoms with E-state index in [9.17, 15) is 0 Å². The topological polar surface area (TPSA) is 0 Å². The van der Waals surface area contributed by atoms with Crippen LogP contribution in [0.2, 0.25) is 0 Å². The van der Waals surface area contributed by atoms with Crippen LogP contribution in [0.5, 0.6) is 0 Å². The first-order chi connectivity index (χ1) is 6.68. The van der Waals surface area contributed by atoms with Crippen LogP contribution in [-0.2, 0) is 23.4 Å². The van der Waals surface area contributed by atoms with Gasteiger partial charge in [-0.2, -0.15) is 0 Å². The molecular formula is C13H21PS. The number of benzene rings is 1. The predicted molar refractivity (Wildman–Crippen MR) is 75.0 cm³/mol. The van der Waals surface area contributed by atoms with Gasteiger partial charge in [0.05, 0.1) is 0 Å². The van der Waals surface area contributed by atoms with E-state index in [-0.39, 0.29) is 5.41 Å². The minimum atomic E-state index is -1.11.